The molecule has 2 heterocycles. The molecule has 6 aromatic rings. The number of hydrogen-bond acceptors (Lipinski definition) is 4. The molecule has 63 heavy (non-hydrogen) atoms. The number of halogens is 1. The Morgan fingerprint density at radius 3 is 1.52 bits per heavy atom. The quantitative estimate of drug-likeness (QED) is 0.0754. The maximum Gasteiger partial charge on any atom is 0.162 e. The van der Waals surface area contributed by atoms with E-state index in [1.54, 1.807) is 0 Å². The van der Waals surface area contributed by atoms with E-state index in [0.29, 0.717) is 18.3 Å². The molecule has 1 N–H and O–H groups in total. The van der Waals surface area contributed by atoms with Crippen molar-refractivity contribution in [3.63, 3.8) is 0 Å². The van der Waals surface area contributed by atoms with Crippen molar-refractivity contribution in [3.05, 3.63) is 142 Å². The molecule has 0 aliphatic heterocycles. The van der Waals surface area contributed by atoms with Crippen molar-refractivity contribution in [2.24, 2.45) is 11.8 Å². The van der Waals surface area contributed by atoms with Crippen molar-refractivity contribution in [3.8, 4) is 22.5 Å². The van der Waals surface area contributed by atoms with Gasteiger partial charge in [0.2, 0.25) is 0 Å². The number of fused-ring (bicyclic) bond motifs is 2. The molecule has 1 atom stereocenters. The van der Waals surface area contributed by atoms with E-state index in [4.69, 9.17) is 5.48 Å². The number of aliphatic hydroxyl groups is 1. The fourth-order valence-corrected chi connectivity index (χ4v) is 9.40. The summed E-state index contributed by atoms with van der Waals surface area (Å²) in [7, 11) is 0. The number of carbonyl (C=O) groups is 1. The van der Waals surface area contributed by atoms with Gasteiger partial charge in [0.15, 0.2) is 5.78 Å². The summed E-state index contributed by atoms with van der Waals surface area (Å²) < 4.78 is 45.2. The van der Waals surface area contributed by atoms with Crippen LogP contribution in [0.4, 0.5) is 4.39 Å². The van der Waals surface area contributed by atoms with Crippen LogP contribution in [0.3, 0.4) is 0 Å². The predicted octanol–water partition coefficient (Wildman–Crippen LogP) is 15.8. The minimum Gasteiger partial charge on any atom is -0.512 e. The number of hydrogen-bond donors (Lipinski definition) is 1. The van der Waals surface area contributed by atoms with Crippen LogP contribution in [0.1, 0.15) is 149 Å². The number of benzene rings is 4. The summed E-state index contributed by atoms with van der Waals surface area (Å²) in [5.74, 6) is 0.954. The Hall–Kier alpha value is -4.51. The first-order chi connectivity index (χ1) is 31.6. The first-order valence-corrected chi connectivity index (χ1v) is 23.0. The van der Waals surface area contributed by atoms with E-state index in [9.17, 15) is 14.3 Å². The number of carbonyl (C=O) groups excluding carboxylic acids is 1. The van der Waals surface area contributed by atoms with E-state index in [0.717, 1.165) is 79.2 Å². The molecule has 6 heteroatoms. The number of nitrogens with zero attached hydrogens (tertiary/aromatic N) is 2. The van der Waals surface area contributed by atoms with Crippen LogP contribution in [0, 0.1) is 51.7 Å². The van der Waals surface area contributed by atoms with Gasteiger partial charge in [0.25, 0.3) is 0 Å². The fraction of sp³-hybridized carbons (Fsp3) is 0.421. The Balaban J connectivity index is 0.000000193. The third-order valence-electron chi connectivity index (χ3n) is 12.8. The van der Waals surface area contributed by atoms with Gasteiger partial charge in [0, 0.05) is 50.4 Å². The second-order valence-corrected chi connectivity index (χ2v) is 17.5. The number of alkyl halides is 1. The predicted molar refractivity (Wildman–Crippen MR) is 258 cm³/mol. The summed E-state index contributed by atoms with van der Waals surface area (Å²) in [5, 5.41) is 13.3. The number of allylic oxidation sites excluding steroid dienone is 2. The normalized spacial score (nSPS) is 15.7. The zero-order valence-electron chi connectivity index (χ0n) is 42.3. The van der Waals surface area contributed by atoms with Gasteiger partial charge in [-0.1, -0.05) is 111 Å². The molecular formula is C57H67FIrN2O2-2. The number of pyridine rings is 2. The van der Waals surface area contributed by atoms with Gasteiger partial charge in [-0.2, -0.15) is 0 Å². The first kappa shape index (κ1) is 43.7. The van der Waals surface area contributed by atoms with E-state index in [1.807, 2.05) is 34.6 Å². The topological polar surface area (TPSA) is 63.1 Å². The van der Waals surface area contributed by atoms with E-state index in [-0.39, 0.29) is 74.3 Å². The van der Waals surface area contributed by atoms with Crippen molar-refractivity contribution >= 4 is 27.3 Å². The molecule has 335 valence electrons. The number of rotatable bonds is 12. The summed E-state index contributed by atoms with van der Waals surface area (Å²) in [4.78, 5) is 20.6. The Bertz CT molecular complexity index is 2490. The van der Waals surface area contributed by atoms with E-state index in [2.05, 4.69) is 96.6 Å². The molecule has 4 aromatic carbocycles. The molecule has 2 aromatic heterocycles. The van der Waals surface area contributed by atoms with Crippen LogP contribution in [0.15, 0.2) is 96.9 Å². The Labute approximate surface area is 396 Å². The monoisotopic (exact) mass is 1030 g/mol. The zero-order valence-corrected chi connectivity index (χ0v) is 40.7. The van der Waals surface area contributed by atoms with Crippen molar-refractivity contribution in [2.45, 2.75) is 137 Å². The van der Waals surface area contributed by atoms with Crippen LogP contribution in [-0.2, 0) is 24.9 Å². The Morgan fingerprint density at radius 2 is 1.14 bits per heavy atom. The van der Waals surface area contributed by atoms with Crippen LogP contribution in [0.2, 0.25) is 0 Å². The van der Waals surface area contributed by atoms with Gasteiger partial charge in [-0.3, -0.25) is 9.18 Å². The molecule has 0 saturated heterocycles. The van der Waals surface area contributed by atoms with Gasteiger partial charge in [-0.25, -0.2) is 0 Å². The number of aromatic nitrogens is 2. The molecule has 2 aliphatic carbocycles. The number of aliphatic hydroxyl groups excluding tert-OH is 1. The average Bonchev–Trinajstić information content (AvgIpc) is 4.05. The van der Waals surface area contributed by atoms with Crippen molar-refractivity contribution < 1.29 is 39.9 Å². The average molecular weight is 1030 g/mol. The van der Waals surface area contributed by atoms with Gasteiger partial charge in [-0.05, 0) is 119 Å². The fourth-order valence-electron chi connectivity index (χ4n) is 9.40. The SMILES string of the molecule is CCC(CC)C(=O)/C=C(\O)C(CC)CCF.[2H]c1nc(-c2[c-]c(C)cc(C)c2)c2ccc(C3CCCC3)cc2c1[2H].[2H]c1nc(-c2[c-]c(C)cc(C)c2)c2ccc(C3CCCC3)cc2c1[2H].[Ir]. The minimum atomic E-state index is -0.463. The molecule has 2 aliphatic rings. The largest absolute Gasteiger partial charge is 0.512 e. The van der Waals surface area contributed by atoms with E-state index in [1.165, 1.54) is 68.6 Å². The molecule has 2 fully saturated rings. The summed E-state index contributed by atoms with van der Waals surface area (Å²) >= 11 is 0. The van der Waals surface area contributed by atoms with Crippen LogP contribution in [0.25, 0.3) is 44.1 Å². The minimum absolute atomic E-state index is 0. The van der Waals surface area contributed by atoms with Crippen molar-refractivity contribution in [1.82, 2.24) is 9.97 Å². The molecule has 4 nitrogen and oxygen atoms in total. The number of aryl methyl sites for hydroxylation is 4. The molecule has 1 radical (unpaired) electrons. The molecule has 0 spiro atoms. The summed E-state index contributed by atoms with van der Waals surface area (Å²) in [6, 6.07) is 28.3. The van der Waals surface area contributed by atoms with Crippen molar-refractivity contribution in [1.29, 1.82) is 0 Å². The molecule has 2 saturated carbocycles. The van der Waals surface area contributed by atoms with Gasteiger partial charge in [-0.15, -0.1) is 69.8 Å². The zero-order chi connectivity index (χ0) is 47.7. The second kappa shape index (κ2) is 24.0. The molecule has 1 unspecified atom stereocenters. The summed E-state index contributed by atoms with van der Waals surface area (Å²) in [6.45, 7) is 13.5. The van der Waals surface area contributed by atoms with E-state index < -0.39 is 6.67 Å². The molecule has 0 amide bonds. The van der Waals surface area contributed by atoms with Gasteiger partial charge < -0.3 is 15.1 Å². The van der Waals surface area contributed by atoms with Gasteiger partial charge in [0.05, 0.1) is 17.9 Å². The maximum atomic E-state index is 12.2. The Morgan fingerprint density at radius 1 is 0.714 bits per heavy atom. The molecule has 0 bridgehead atoms. The summed E-state index contributed by atoms with van der Waals surface area (Å²) in [5.41, 5.74) is 10.4. The third kappa shape index (κ3) is 13.0. The van der Waals surface area contributed by atoms with Crippen LogP contribution >= 0.6 is 0 Å². The standard InChI is InChI=1S/2C22H22N.C13H23FO2.Ir/c2*1-15-11-16(2)13-20(12-15)22-21-8-7-18(17-5-3-4-6-17)14-19(21)9-10-23-22;1-4-10(5-2)12(15)9-13(16)11(6-3)7-8-14;/h2*7-12,14,17H,3-6H2,1-2H3;9-11,16H,4-8H2,1-3H3;/q2*-1;;/b;;13-9-;/i2*9D,10D;;. The smallest absolute Gasteiger partial charge is 0.162 e. The van der Waals surface area contributed by atoms with E-state index >= 15 is 0 Å². The molecular weight excluding hydrogens is 956 g/mol. The Kier molecular flexibility index (Phi) is 16.6. The van der Waals surface area contributed by atoms with Crippen LogP contribution < -0.4 is 0 Å². The van der Waals surface area contributed by atoms with Crippen LogP contribution in [0.5, 0.6) is 0 Å². The third-order valence-corrected chi connectivity index (χ3v) is 12.8. The van der Waals surface area contributed by atoms with Gasteiger partial charge >= 0.3 is 0 Å². The summed E-state index contributed by atoms with van der Waals surface area (Å²) in [6.07, 6.45) is 14.0. The second-order valence-electron chi connectivity index (χ2n) is 17.5. The van der Waals surface area contributed by atoms with Crippen LogP contribution in [-0.4, -0.2) is 27.5 Å². The number of ketones is 1. The maximum absolute atomic E-state index is 12.2. The van der Waals surface area contributed by atoms with Crippen molar-refractivity contribution in [2.75, 3.05) is 6.67 Å². The first-order valence-electron chi connectivity index (χ1n) is 25.0. The molecule has 8 rings (SSSR count). The van der Waals surface area contributed by atoms with Gasteiger partial charge in [0.1, 0.15) is 0 Å².